The van der Waals surface area contributed by atoms with Crippen LogP contribution in [0.1, 0.15) is 89.6 Å². The van der Waals surface area contributed by atoms with Gasteiger partial charge in [-0.1, -0.05) is 6.08 Å². The zero-order valence-electron chi connectivity index (χ0n) is 28.3. The van der Waals surface area contributed by atoms with E-state index in [2.05, 4.69) is 11.1 Å². The monoisotopic (exact) mass is 643 g/mol. The Bertz CT molecular complexity index is 1710. The molecule has 2 bridgehead atoms. The van der Waals surface area contributed by atoms with Crippen molar-refractivity contribution in [2.45, 2.75) is 97.4 Å². The molecule has 7 rings (SSSR count). The first kappa shape index (κ1) is 32.7. The van der Waals surface area contributed by atoms with Crippen LogP contribution >= 0.6 is 0 Å². The van der Waals surface area contributed by atoms with Gasteiger partial charge in [0.2, 0.25) is 5.91 Å². The molecule has 0 radical (unpaired) electrons. The maximum atomic E-state index is 14.6. The van der Waals surface area contributed by atoms with Crippen molar-refractivity contribution in [3.8, 4) is 11.3 Å². The zero-order valence-corrected chi connectivity index (χ0v) is 28.3. The number of hydrogen-bond donors (Lipinski definition) is 0. The third kappa shape index (κ3) is 6.26. The fraction of sp³-hybridized carbons (Fsp3) is 0.514. The van der Waals surface area contributed by atoms with Crippen LogP contribution in [0.15, 0.2) is 48.9 Å². The van der Waals surface area contributed by atoms with E-state index in [4.69, 9.17) is 4.74 Å². The molecule has 2 aromatic heterocycles. The van der Waals surface area contributed by atoms with Gasteiger partial charge in [-0.15, -0.1) is 0 Å². The number of benzene rings is 1. The van der Waals surface area contributed by atoms with Gasteiger partial charge in [-0.2, -0.15) is 0 Å². The van der Waals surface area contributed by atoms with Gasteiger partial charge in [0, 0.05) is 49.0 Å². The molecule has 0 unspecified atom stereocenters. The highest BCUT2D eigenvalue weighted by Crippen LogP contribution is 2.42. The molecule has 4 aliphatic rings. The molecule has 3 aliphatic heterocycles. The highest BCUT2D eigenvalue weighted by atomic mass is 19.1. The smallest absolute Gasteiger partial charge is 0.411 e. The molecule has 3 fully saturated rings. The molecule has 1 saturated carbocycles. The number of fused-ring (bicyclic) bond motifs is 4. The van der Waals surface area contributed by atoms with Crippen molar-refractivity contribution in [1.82, 2.24) is 24.1 Å². The minimum Gasteiger partial charge on any atom is -0.444 e. The summed E-state index contributed by atoms with van der Waals surface area (Å²) in [5.74, 6) is -0.553. The normalized spacial score (nSPS) is 21.3. The van der Waals surface area contributed by atoms with Crippen LogP contribution in [0.3, 0.4) is 0 Å². The molecule has 1 aliphatic carbocycles. The minimum atomic E-state index is -0.634. The molecule has 1 atom stereocenters. The number of aromatic nitrogens is 2. The Hall–Kier alpha value is -4.21. The summed E-state index contributed by atoms with van der Waals surface area (Å²) in [5.41, 5.74) is 4.04. The Balaban J connectivity index is 1.30. The van der Waals surface area contributed by atoms with Crippen LogP contribution in [-0.2, 0) is 9.53 Å². The van der Waals surface area contributed by atoms with Crippen LogP contribution in [0.5, 0.6) is 0 Å². The van der Waals surface area contributed by atoms with Crippen molar-refractivity contribution in [3.05, 3.63) is 65.9 Å². The van der Waals surface area contributed by atoms with Crippen molar-refractivity contribution >= 4 is 29.0 Å². The Morgan fingerprint density at radius 3 is 2.45 bits per heavy atom. The fourth-order valence-corrected chi connectivity index (χ4v) is 7.68. The number of hydrogen-bond acceptors (Lipinski definition) is 5. The van der Waals surface area contributed by atoms with Crippen molar-refractivity contribution in [1.29, 1.82) is 0 Å². The van der Waals surface area contributed by atoms with Gasteiger partial charge >= 0.3 is 6.09 Å². The second kappa shape index (κ2) is 12.8. The standard InChI is InChI=1S/C37H46FN5O4/c1-7-41(23(2)3)34(44)30-20-26(38)10-13-28(30)32-21-29(31-14-17-39-22-42(31)32)24-15-18-40(19-16-24)35(45)33-25-8-11-27(12-9-25)43(33)36(46)47-37(4,5)6/h10,13-15,17,20-23,25,27,33H,7-9,11-12,16,18-19H2,1-6H3/t25?,27?,33-/m1/s1. The van der Waals surface area contributed by atoms with Gasteiger partial charge in [0.25, 0.3) is 5.91 Å². The lowest BCUT2D eigenvalue weighted by Crippen LogP contribution is -2.63. The number of nitrogens with zero attached hydrogens (tertiary/aromatic N) is 5. The van der Waals surface area contributed by atoms with E-state index < -0.39 is 23.6 Å². The molecule has 47 heavy (non-hydrogen) atoms. The quantitative estimate of drug-likeness (QED) is 0.295. The van der Waals surface area contributed by atoms with E-state index in [0.29, 0.717) is 37.2 Å². The van der Waals surface area contributed by atoms with E-state index in [-0.39, 0.29) is 29.8 Å². The van der Waals surface area contributed by atoms with Crippen LogP contribution < -0.4 is 0 Å². The van der Waals surface area contributed by atoms with Gasteiger partial charge in [-0.25, -0.2) is 14.2 Å². The average molecular weight is 644 g/mol. The molecule has 3 aromatic rings. The molecular formula is C37H46FN5O4. The van der Waals surface area contributed by atoms with Crippen LogP contribution in [0.25, 0.3) is 22.3 Å². The van der Waals surface area contributed by atoms with E-state index in [1.54, 1.807) is 28.4 Å². The number of rotatable bonds is 6. The van der Waals surface area contributed by atoms with E-state index in [1.807, 2.05) is 63.0 Å². The van der Waals surface area contributed by atoms with Crippen molar-refractivity contribution in [2.24, 2.45) is 5.92 Å². The lowest BCUT2D eigenvalue weighted by Gasteiger charge is -2.51. The first-order valence-electron chi connectivity index (χ1n) is 16.9. The van der Waals surface area contributed by atoms with Gasteiger partial charge < -0.3 is 14.5 Å². The molecule has 10 heteroatoms. The minimum absolute atomic E-state index is 0.00714. The summed E-state index contributed by atoms with van der Waals surface area (Å²) in [7, 11) is 0. The first-order valence-corrected chi connectivity index (χ1v) is 16.9. The molecular weight excluding hydrogens is 597 g/mol. The van der Waals surface area contributed by atoms with Crippen molar-refractivity contribution < 1.29 is 23.5 Å². The van der Waals surface area contributed by atoms with Crippen molar-refractivity contribution in [2.75, 3.05) is 19.6 Å². The maximum absolute atomic E-state index is 14.6. The molecule has 250 valence electrons. The summed E-state index contributed by atoms with van der Waals surface area (Å²) in [6.07, 6.45) is 9.49. The summed E-state index contributed by atoms with van der Waals surface area (Å²) in [5, 5.41) is 0. The Kier molecular flexibility index (Phi) is 8.89. The summed E-state index contributed by atoms with van der Waals surface area (Å²) in [6, 6.07) is 7.85. The highest BCUT2D eigenvalue weighted by molar-refractivity contribution is 6.01. The number of carbonyl (C=O) groups excluding carboxylic acids is 3. The Morgan fingerprint density at radius 1 is 1.06 bits per heavy atom. The van der Waals surface area contributed by atoms with Gasteiger partial charge in [0.1, 0.15) is 17.5 Å². The second-order valence-electron chi connectivity index (χ2n) is 14.3. The third-order valence-electron chi connectivity index (χ3n) is 9.89. The third-order valence-corrected chi connectivity index (χ3v) is 9.89. The predicted molar refractivity (Wildman–Crippen MR) is 179 cm³/mol. The van der Waals surface area contributed by atoms with Crippen LogP contribution in [0, 0.1) is 11.7 Å². The van der Waals surface area contributed by atoms with E-state index in [1.165, 1.54) is 12.1 Å². The van der Waals surface area contributed by atoms with Gasteiger partial charge in [-0.3, -0.25) is 18.9 Å². The van der Waals surface area contributed by atoms with Gasteiger partial charge in [0.05, 0.1) is 23.1 Å². The molecule has 3 amide bonds. The Morgan fingerprint density at radius 2 is 1.81 bits per heavy atom. The van der Waals surface area contributed by atoms with E-state index in [0.717, 1.165) is 48.0 Å². The molecule has 5 heterocycles. The Labute approximate surface area is 276 Å². The number of carbonyl (C=O) groups is 3. The molecule has 1 aromatic carbocycles. The topological polar surface area (TPSA) is 87.5 Å². The van der Waals surface area contributed by atoms with E-state index in [9.17, 15) is 18.8 Å². The van der Waals surface area contributed by atoms with Crippen LogP contribution in [-0.4, -0.2) is 85.4 Å². The summed E-state index contributed by atoms with van der Waals surface area (Å²) in [6.45, 7) is 12.9. The molecule has 0 spiro atoms. The molecule has 9 nitrogen and oxygen atoms in total. The zero-order chi connectivity index (χ0) is 33.6. The predicted octanol–water partition coefficient (Wildman–Crippen LogP) is 6.80. The highest BCUT2D eigenvalue weighted by Gasteiger charge is 2.50. The SMILES string of the molecule is CCN(C(=O)c1cc(F)ccc1-c1cc(C2=CCN(C(=O)[C@H]3C4CCC(CC4)N3C(=O)OC(C)(C)C)CC2)c2ccncn12)C(C)C. The second-order valence-corrected chi connectivity index (χ2v) is 14.3. The van der Waals surface area contributed by atoms with Crippen LogP contribution in [0.2, 0.25) is 0 Å². The first-order chi connectivity index (χ1) is 22.4. The number of amides is 3. The lowest BCUT2D eigenvalue weighted by atomic mass is 9.74. The summed E-state index contributed by atoms with van der Waals surface area (Å²) < 4.78 is 22.3. The van der Waals surface area contributed by atoms with E-state index >= 15 is 0 Å². The fourth-order valence-electron chi connectivity index (χ4n) is 7.68. The number of ether oxygens (including phenoxy) is 1. The van der Waals surface area contributed by atoms with Crippen molar-refractivity contribution in [3.63, 3.8) is 0 Å². The largest absolute Gasteiger partial charge is 0.444 e. The maximum Gasteiger partial charge on any atom is 0.411 e. The van der Waals surface area contributed by atoms with Gasteiger partial charge in [-0.05, 0) is 115 Å². The molecule has 2 saturated heterocycles. The number of halogens is 1. The lowest BCUT2D eigenvalue weighted by molar-refractivity contribution is -0.145. The average Bonchev–Trinajstić information content (AvgIpc) is 3.43. The summed E-state index contributed by atoms with van der Waals surface area (Å²) >= 11 is 0. The molecule has 0 N–H and O–H groups in total. The number of piperidine rings is 2. The van der Waals surface area contributed by atoms with Gasteiger partial charge in [0.15, 0.2) is 0 Å². The van der Waals surface area contributed by atoms with Crippen LogP contribution in [0.4, 0.5) is 9.18 Å². The summed E-state index contributed by atoms with van der Waals surface area (Å²) in [4.78, 5) is 50.8.